The summed E-state index contributed by atoms with van der Waals surface area (Å²) in [7, 11) is 0. The van der Waals surface area contributed by atoms with E-state index in [0.717, 1.165) is 11.3 Å². The van der Waals surface area contributed by atoms with Gasteiger partial charge in [0.15, 0.2) is 0 Å². The zero-order chi connectivity index (χ0) is 19.9. The highest BCUT2D eigenvalue weighted by atomic mass is 19.1. The van der Waals surface area contributed by atoms with E-state index in [4.69, 9.17) is 0 Å². The Balaban J connectivity index is 1.43. The molecule has 1 saturated heterocycles. The van der Waals surface area contributed by atoms with Crippen LogP contribution in [-0.4, -0.2) is 54.0 Å². The van der Waals surface area contributed by atoms with E-state index in [-0.39, 0.29) is 17.8 Å². The Labute approximate surface area is 163 Å². The van der Waals surface area contributed by atoms with Gasteiger partial charge in [-0.05, 0) is 42.8 Å². The van der Waals surface area contributed by atoms with Gasteiger partial charge in [0, 0.05) is 50.8 Å². The number of pyridine rings is 1. The van der Waals surface area contributed by atoms with E-state index in [1.807, 2.05) is 6.07 Å². The molecular formula is C20H24FN5O2. The number of halogens is 1. The smallest absolute Gasteiger partial charge is 0.318 e. The minimum absolute atomic E-state index is 0.248. The minimum atomic E-state index is -0.640. The lowest BCUT2D eigenvalue weighted by Crippen LogP contribution is -2.55. The van der Waals surface area contributed by atoms with Crippen LogP contribution in [0.5, 0.6) is 0 Å². The minimum Gasteiger partial charge on any atom is -0.368 e. The first-order valence-electron chi connectivity index (χ1n) is 9.25. The number of piperazine rings is 1. The lowest BCUT2D eigenvalue weighted by atomic mass is 10.2. The zero-order valence-electron chi connectivity index (χ0n) is 15.8. The predicted octanol–water partition coefficient (Wildman–Crippen LogP) is 1.76. The molecule has 0 aliphatic carbocycles. The van der Waals surface area contributed by atoms with Crippen molar-refractivity contribution in [1.29, 1.82) is 0 Å². The van der Waals surface area contributed by atoms with Crippen LogP contribution in [0.3, 0.4) is 0 Å². The molecule has 2 heterocycles. The van der Waals surface area contributed by atoms with Gasteiger partial charge in [-0.1, -0.05) is 6.07 Å². The Bertz CT molecular complexity index is 792. The summed E-state index contributed by atoms with van der Waals surface area (Å²) in [6.07, 6.45) is 3.36. The molecule has 1 aliphatic heterocycles. The largest absolute Gasteiger partial charge is 0.368 e. The standard InChI is InChI=1S/C20H24FN5O2/c1-15(19(27)23-14-16-3-2-8-22-13-16)24-20(28)26-11-9-25(10-12-26)18-6-4-17(21)5-7-18/h2-8,13,15H,9-12,14H2,1H3,(H,23,27)(H,24,28). The number of carbonyl (C=O) groups is 2. The lowest BCUT2D eigenvalue weighted by Gasteiger charge is -2.36. The Morgan fingerprint density at radius 2 is 1.86 bits per heavy atom. The van der Waals surface area contributed by atoms with Crippen molar-refractivity contribution in [2.75, 3.05) is 31.1 Å². The molecule has 8 heteroatoms. The van der Waals surface area contributed by atoms with Gasteiger partial charge in [-0.15, -0.1) is 0 Å². The van der Waals surface area contributed by atoms with Gasteiger partial charge in [0.2, 0.25) is 5.91 Å². The molecule has 1 fully saturated rings. The molecule has 1 unspecified atom stereocenters. The summed E-state index contributed by atoms with van der Waals surface area (Å²) in [6.45, 7) is 4.40. The van der Waals surface area contributed by atoms with Crippen molar-refractivity contribution in [3.63, 3.8) is 0 Å². The summed E-state index contributed by atoms with van der Waals surface area (Å²) in [6, 6.07) is 9.11. The average molecular weight is 385 g/mol. The van der Waals surface area contributed by atoms with E-state index in [1.54, 1.807) is 42.4 Å². The van der Waals surface area contributed by atoms with Gasteiger partial charge in [-0.3, -0.25) is 9.78 Å². The molecule has 3 amide bonds. The Kier molecular flexibility index (Phi) is 6.41. The van der Waals surface area contributed by atoms with Crippen LogP contribution in [0.25, 0.3) is 0 Å². The van der Waals surface area contributed by atoms with Gasteiger partial charge in [-0.25, -0.2) is 9.18 Å². The number of aromatic nitrogens is 1. The highest BCUT2D eigenvalue weighted by Crippen LogP contribution is 2.16. The third-order valence-electron chi connectivity index (χ3n) is 4.68. The summed E-state index contributed by atoms with van der Waals surface area (Å²) < 4.78 is 13.0. The van der Waals surface area contributed by atoms with E-state index >= 15 is 0 Å². The van der Waals surface area contributed by atoms with Crippen molar-refractivity contribution < 1.29 is 14.0 Å². The highest BCUT2D eigenvalue weighted by molar-refractivity contribution is 5.86. The molecule has 3 rings (SSSR count). The second kappa shape index (κ2) is 9.16. The molecule has 2 N–H and O–H groups in total. The topological polar surface area (TPSA) is 77.6 Å². The Morgan fingerprint density at radius 3 is 2.50 bits per heavy atom. The number of carbonyl (C=O) groups excluding carboxylic acids is 2. The van der Waals surface area contributed by atoms with Gasteiger partial charge in [-0.2, -0.15) is 0 Å². The second-order valence-corrected chi connectivity index (χ2v) is 6.70. The number of amides is 3. The number of hydrogen-bond acceptors (Lipinski definition) is 4. The monoisotopic (exact) mass is 385 g/mol. The number of urea groups is 1. The number of anilines is 1. The molecule has 0 spiro atoms. The molecule has 2 aromatic rings. The molecule has 28 heavy (non-hydrogen) atoms. The van der Waals surface area contributed by atoms with Crippen LogP contribution in [-0.2, 0) is 11.3 Å². The molecule has 1 aromatic carbocycles. The summed E-state index contributed by atoms with van der Waals surface area (Å²) >= 11 is 0. The van der Waals surface area contributed by atoms with Crippen LogP contribution in [0.4, 0.5) is 14.9 Å². The van der Waals surface area contributed by atoms with Crippen molar-refractivity contribution in [3.05, 3.63) is 60.2 Å². The molecule has 1 aliphatic rings. The zero-order valence-corrected chi connectivity index (χ0v) is 15.8. The Hall–Kier alpha value is -3.16. The van der Waals surface area contributed by atoms with E-state index in [9.17, 15) is 14.0 Å². The predicted molar refractivity (Wildman–Crippen MR) is 104 cm³/mol. The van der Waals surface area contributed by atoms with Gasteiger partial charge in [0.25, 0.3) is 0 Å². The molecular weight excluding hydrogens is 361 g/mol. The lowest BCUT2D eigenvalue weighted by molar-refractivity contribution is -0.122. The summed E-state index contributed by atoms with van der Waals surface area (Å²) in [5.74, 6) is -0.514. The maximum atomic E-state index is 13.0. The fraction of sp³-hybridized carbons (Fsp3) is 0.350. The third kappa shape index (κ3) is 5.18. The molecule has 0 saturated carbocycles. The summed E-state index contributed by atoms with van der Waals surface area (Å²) in [5, 5.41) is 5.53. The maximum Gasteiger partial charge on any atom is 0.318 e. The van der Waals surface area contributed by atoms with Crippen molar-refractivity contribution in [3.8, 4) is 0 Å². The third-order valence-corrected chi connectivity index (χ3v) is 4.68. The first-order valence-corrected chi connectivity index (χ1v) is 9.25. The van der Waals surface area contributed by atoms with Crippen LogP contribution in [0, 0.1) is 5.82 Å². The van der Waals surface area contributed by atoms with E-state index in [0.29, 0.717) is 32.7 Å². The normalized spacial score (nSPS) is 15.1. The SMILES string of the molecule is CC(NC(=O)N1CCN(c2ccc(F)cc2)CC1)C(=O)NCc1cccnc1. The van der Waals surface area contributed by atoms with Gasteiger partial charge in [0.1, 0.15) is 11.9 Å². The van der Waals surface area contributed by atoms with Crippen LogP contribution < -0.4 is 15.5 Å². The van der Waals surface area contributed by atoms with Gasteiger partial charge < -0.3 is 20.4 Å². The van der Waals surface area contributed by atoms with Gasteiger partial charge >= 0.3 is 6.03 Å². The number of nitrogens with zero attached hydrogens (tertiary/aromatic N) is 3. The molecule has 0 radical (unpaired) electrons. The molecule has 1 aromatic heterocycles. The van der Waals surface area contributed by atoms with E-state index in [2.05, 4.69) is 20.5 Å². The number of hydrogen-bond donors (Lipinski definition) is 2. The molecule has 0 bridgehead atoms. The highest BCUT2D eigenvalue weighted by Gasteiger charge is 2.24. The molecule has 1 atom stereocenters. The number of nitrogens with one attached hydrogen (secondary N) is 2. The van der Waals surface area contributed by atoms with E-state index in [1.165, 1.54) is 12.1 Å². The molecule has 7 nitrogen and oxygen atoms in total. The van der Waals surface area contributed by atoms with Crippen LogP contribution in [0.2, 0.25) is 0 Å². The number of benzene rings is 1. The van der Waals surface area contributed by atoms with Crippen molar-refractivity contribution >= 4 is 17.6 Å². The second-order valence-electron chi connectivity index (χ2n) is 6.70. The maximum absolute atomic E-state index is 13.0. The van der Waals surface area contributed by atoms with E-state index < -0.39 is 6.04 Å². The van der Waals surface area contributed by atoms with Crippen molar-refractivity contribution in [2.45, 2.75) is 19.5 Å². The quantitative estimate of drug-likeness (QED) is 0.822. The Morgan fingerprint density at radius 1 is 1.14 bits per heavy atom. The van der Waals surface area contributed by atoms with Gasteiger partial charge in [0.05, 0.1) is 0 Å². The average Bonchev–Trinajstić information content (AvgIpc) is 2.73. The van der Waals surface area contributed by atoms with Crippen molar-refractivity contribution in [1.82, 2.24) is 20.5 Å². The van der Waals surface area contributed by atoms with Crippen LogP contribution in [0.15, 0.2) is 48.8 Å². The van der Waals surface area contributed by atoms with Crippen LogP contribution in [0.1, 0.15) is 12.5 Å². The number of rotatable bonds is 5. The summed E-state index contributed by atoms with van der Waals surface area (Å²) in [5.41, 5.74) is 1.83. The first-order chi connectivity index (χ1) is 13.5. The molecule has 148 valence electrons. The fourth-order valence-electron chi connectivity index (χ4n) is 3.01. The van der Waals surface area contributed by atoms with Crippen molar-refractivity contribution in [2.24, 2.45) is 0 Å². The summed E-state index contributed by atoms with van der Waals surface area (Å²) in [4.78, 5) is 32.4. The first kappa shape index (κ1) is 19.6. The fourth-order valence-corrected chi connectivity index (χ4v) is 3.01. The van der Waals surface area contributed by atoms with Crippen LogP contribution >= 0.6 is 0 Å².